The number of aromatic nitrogens is 3. The third-order valence-electron chi connectivity index (χ3n) is 10.4. The third-order valence-corrected chi connectivity index (χ3v) is 11.6. The monoisotopic (exact) mass is 707 g/mol. The van der Waals surface area contributed by atoms with Gasteiger partial charge in [-0.3, -0.25) is 0 Å². The molecule has 0 amide bonds. The van der Waals surface area contributed by atoms with Crippen LogP contribution in [0.15, 0.2) is 180 Å². The second-order valence-corrected chi connectivity index (χ2v) is 14.6. The van der Waals surface area contributed by atoms with Crippen molar-refractivity contribution in [2.24, 2.45) is 0 Å². The quantitative estimate of drug-likeness (QED) is 0.179. The van der Waals surface area contributed by atoms with Crippen LogP contribution in [0.5, 0.6) is 0 Å². The Kier molecular flexibility index (Phi) is 7.00. The van der Waals surface area contributed by atoms with E-state index in [-0.39, 0.29) is 0 Å². The van der Waals surface area contributed by atoms with E-state index in [4.69, 9.17) is 19.4 Å². The Hall–Kier alpha value is -6.95. The molecule has 0 saturated heterocycles. The van der Waals surface area contributed by atoms with Crippen molar-refractivity contribution in [2.75, 3.05) is 0 Å². The van der Waals surface area contributed by atoms with Gasteiger partial charge in [-0.05, 0) is 57.8 Å². The smallest absolute Gasteiger partial charge is 0.165 e. The van der Waals surface area contributed by atoms with E-state index in [9.17, 15) is 0 Å². The first-order chi connectivity index (χ1) is 26.7. The maximum Gasteiger partial charge on any atom is 0.165 e. The molecule has 0 atom stereocenters. The zero-order chi connectivity index (χ0) is 35.6. The summed E-state index contributed by atoms with van der Waals surface area (Å²) >= 11 is 1.78. The van der Waals surface area contributed by atoms with E-state index in [0.717, 1.165) is 71.0 Å². The van der Waals surface area contributed by atoms with Crippen molar-refractivity contribution in [1.82, 2.24) is 15.0 Å². The normalized spacial score (nSPS) is 11.7. The van der Waals surface area contributed by atoms with Gasteiger partial charge >= 0.3 is 0 Å². The van der Waals surface area contributed by atoms with E-state index in [0.29, 0.717) is 17.5 Å². The lowest BCUT2D eigenvalue weighted by atomic mass is 9.95. The number of nitrogens with zero attached hydrogens (tertiary/aromatic N) is 3. The molecule has 0 unspecified atom stereocenters. The fraction of sp³-hybridized carbons (Fsp3) is 0. The van der Waals surface area contributed by atoms with E-state index >= 15 is 0 Å². The lowest BCUT2D eigenvalue weighted by molar-refractivity contribution is 0.670. The number of furan rings is 1. The Labute approximate surface area is 314 Å². The van der Waals surface area contributed by atoms with Gasteiger partial charge in [0, 0.05) is 53.2 Å². The Balaban J connectivity index is 1.12. The van der Waals surface area contributed by atoms with Crippen molar-refractivity contribution in [3.8, 4) is 56.4 Å². The minimum absolute atomic E-state index is 0.619. The van der Waals surface area contributed by atoms with Crippen LogP contribution >= 0.6 is 11.3 Å². The van der Waals surface area contributed by atoms with E-state index < -0.39 is 0 Å². The fourth-order valence-corrected chi connectivity index (χ4v) is 8.94. The molecule has 0 aliphatic carbocycles. The molecule has 8 aromatic carbocycles. The summed E-state index contributed by atoms with van der Waals surface area (Å²) in [4.78, 5) is 15.8. The summed E-state index contributed by atoms with van der Waals surface area (Å²) in [6.07, 6.45) is 0. The second-order valence-electron chi connectivity index (χ2n) is 13.6. The van der Waals surface area contributed by atoms with E-state index in [2.05, 4.69) is 158 Å². The maximum atomic E-state index is 6.39. The molecule has 0 aliphatic rings. The Morgan fingerprint density at radius 2 is 0.944 bits per heavy atom. The van der Waals surface area contributed by atoms with Gasteiger partial charge in [0.1, 0.15) is 11.2 Å². The molecule has 11 aromatic rings. The van der Waals surface area contributed by atoms with Crippen LogP contribution in [0.1, 0.15) is 0 Å². The summed E-state index contributed by atoms with van der Waals surface area (Å²) in [6.45, 7) is 0. The molecular formula is C49H29N3OS. The zero-order valence-electron chi connectivity index (χ0n) is 28.9. The second kappa shape index (κ2) is 12.3. The highest BCUT2D eigenvalue weighted by Gasteiger charge is 2.20. The first-order valence-electron chi connectivity index (χ1n) is 18.0. The predicted molar refractivity (Wildman–Crippen MR) is 225 cm³/mol. The van der Waals surface area contributed by atoms with Gasteiger partial charge in [0.25, 0.3) is 0 Å². The standard InChI is InChI=1S/C49H29N3OS/c1-2-12-30(13-3-1)41-28-33-14-4-5-15-34(33)29-42(41)49-51-47(50-48(52-49)40-21-11-20-39-37-17-7-9-23-44(37)54-46(39)40)32-26-24-31(25-27-32)35-18-10-19-38-36-16-6-8-22-43(36)53-45(35)38/h1-29H. The Morgan fingerprint density at radius 3 is 1.76 bits per heavy atom. The first-order valence-corrected chi connectivity index (χ1v) is 18.8. The summed E-state index contributed by atoms with van der Waals surface area (Å²) in [5.74, 6) is 1.90. The van der Waals surface area contributed by atoms with Crippen molar-refractivity contribution in [2.45, 2.75) is 0 Å². The van der Waals surface area contributed by atoms with Crippen LogP contribution in [-0.2, 0) is 0 Å². The van der Waals surface area contributed by atoms with Crippen molar-refractivity contribution in [3.05, 3.63) is 176 Å². The number of hydrogen-bond acceptors (Lipinski definition) is 5. The average molecular weight is 708 g/mol. The Bertz CT molecular complexity index is 3220. The number of para-hydroxylation sites is 2. The minimum Gasteiger partial charge on any atom is -0.455 e. The number of benzene rings is 8. The molecule has 0 N–H and O–H groups in total. The maximum absolute atomic E-state index is 6.39. The molecule has 0 fully saturated rings. The molecular weight excluding hydrogens is 679 g/mol. The summed E-state index contributed by atoms with van der Waals surface area (Å²) in [5, 5.41) is 6.97. The highest BCUT2D eigenvalue weighted by molar-refractivity contribution is 7.26. The van der Waals surface area contributed by atoms with Gasteiger partial charge in [-0.2, -0.15) is 0 Å². The largest absolute Gasteiger partial charge is 0.455 e. The predicted octanol–water partition coefficient (Wildman–Crippen LogP) is 13.6. The Morgan fingerprint density at radius 1 is 0.370 bits per heavy atom. The average Bonchev–Trinajstić information content (AvgIpc) is 3.82. The first kappa shape index (κ1) is 30.7. The molecule has 0 aliphatic heterocycles. The highest BCUT2D eigenvalue weighted by Crippen LogP contribution is 2.41. The summed E-state index contributed by atoms with van der Waals surface area (Å²) in [6, 6.07) is 61.5. The van der Waals surface area contributed by atoms with E-state index in [1.165, 1.54) is 20.9 Å². The number of thiophene rings is 1. The number of hydrogen-bond donors (Lipinski definition) is 0. The summed E-state index contributed by atoms with van der Waals surface area (Å²) in [7, 11) is 0. The van der Waals surface area contributed by atoms with Crippen LogP contribution < -0.4 is 0 Å². The molecule has 3 heterocycles. The topological polar surface area (TPSA) is 51.8 Å². The van der Waals surface area contributed by atoms with Gasteiger partial charge in [-0.25, -0.2) is 15.0 Å². The molecule has 0 saturated carbocycles. The van der Waals surface area contributed by atoms with Gasteiger partial charge in [-0.1, -0.05) is 146 Å². The van der Waals surface area contributed by atoms with Crippen molar-refractivity contribution in [1.29, 1.82) is 0 Å². The van der Waals surface area contributed by atoms with Crippen LogP contribution in [-0.4, -0.2) is 15.0 Å². The number of fused-ring (bicyclic) bond motifs is 7. The van der Waals surface area contributed by atoms with Gasteiger partial charge in [-0.15, -0.1) is 11.3 Å². The van der Waals surface area contributed by atoms with Crippen LogP contribution in [0.3, 0.4) is 0 Å². The lowest BCUT2D eigenvalue weighted by Crippen LogP contribution is -2.01. The van der Waals surface area contributed by atoms with Gasteiger partial charge in [0.05, 0.1) is 0 Å². The molecule has 0 radical (unpaired) electrons. The summed E-state index contributed by atoms with van der Waals surface area (Å²) in [5.41, 5.74) is 8.93. The fourth-order valence-electron chi connectivity index (χ4n) is 7.72. The SMILES string of the molecule is c1ccc(-c2cc3ccccc3cc2-c2nc(-c3ccc(-c4cccc5c4oc4ccccc45)cc3)nc(-c3cccc4c3sc3ccccc34)n2)cc1. The molecule has 4 nitrogen and oxygen atoms in total. The third kappa shape index (κ3) is 5.01. The molecule has 0 bridgehead atoms. The van der Waals surface area contributed by atoms with Crippen LogP contribution in [0.4, 0.5) is 0 Å². The summed E-state index contributed by atoms with van der Waals surface area (Å²) < 4.78 is 8.79. The van der Waals surface area contributed by atoms with Crippen LogP contribution in [0.2, 0.25) is 0 Å². The number of rotatable bonds is 5. The molecule has 252 valence electrons. The van der Waals surface area contributed by atoms with E-state index in [1.807, 2.05) is 18.2 Å². The van der Waals surface area contributed by atoms with E-state index in [1.54, 1.807) is 11.3 Å². The van der Waals surface area contributed by atoms with Crippen molar-refractivity contribution in [3.63, 3.8) is 0 Å². The van der Waals surface area contributed by atoms with Gasteiger partial charge in [0.2, 0.25) is 0 Å². The van der Waals surface area contributed by atoms with Crippen LogP contribution in [0.25, 0.3) is 109 Å². The van der Waals surface area contributed by atoms with Gasteiger partial charge < -0.3 is 4.42 Å². The molecule has 5 heteroatoms. The van der Waals surface area contributed by atoms with Crippen molar-refractivity contribution >= 4 is 64.2 Å². The van der Waals surface area contributed by atoms with Crippen molar-refractivity contribution < 1.29 is 4.42 Å². The molecule has 54 heavy (non-hydrogen) atoms. The highest BCUT2D eigenvalue weighted by atomic mass is 32.1. The lowest BCUT2D eigenvalue weighted by Gasteiger charge is -2.14. The molecule has 3 aromatic heterocycles. The van der Waals surface area contributed by atoms with Gasteiger partial charge in [0.15, 0.2) is 17.5 Å². The van der Waals surface area contributed by atoms with Crippen LogP contribution in [0, 0.1) is 0 Å². The zero-order valence-corrected chi connectivity index (χ0v) is 29.7. The minimum atomic E-state index is 0.619. The molecule has 11 rings (SSSR count). The molecule has 0 spiro atoms.